The Morgan fingerprint density at radius 2 is 1.89 bits per heavy atom. The summed E-state index contributed by atoms with van der Waals surface area (Å²) in [5.41, 5.74) is 0. The first kappa shape index (κ1) is 14.2. The molecule has 110 valence electrons. The van der Waals surface area contributed by atoms with E-state index in [0.717, 1.165) is 11.3 Å². The van der Waals surface area contributed by atoms with E-state index in [2.05, 4.69) is 26.9 Å². The maximum Gasteiger partial charge on any atom is 0.0223 e. The summed E-state index contributed by atoms with van der Waals surface area (Å²) in [7, 11) is 0. The van der Waals surface area contributed by atoms with E-state index in [1.165, 1.54) is 83.7 Å². The zero-order valence-electron chi connectivity index (χ0n) is 12.1. The van der Waals surface area contributed by atoms with Crippen LogP contribution in [0.3, 0.4) is 0 Å². The van der Waals surface area contributed by atoms with Crippen LogP contribution in [0.4, 0.5) is 0 Å². The fraction of sp³-hybridized carbons (Fsp3) is 1.00. The van der Waals surface area contributed by atoms with Crippen molar-refractivity contribution in [3.05, 3.63) is 0 Å². The highest BCUT2D eigenvalue weighted by Gasteiger charge is 2.28. The van der Waals surface area contributed by atoms with Crippen molar-refractivity contribution < 1.29 is 0 Å². The Bertz CT molecular complexity index is 268. The first-order valence-corrected chi connectivity index (χ1v) is 9.25. The average Bonchev–Trinajstić information content (AvgIpc) is 2.48. The van der Waals surface area contributed by atoms with Crippen molar-refractivity contribution in [1.82, 2.24) is 15.1 Å². The monoisotopic (exact) mass is 283 g/mol. The Hall–Kier alpha value is 0.230. The van der Waals surface area contributed by atoms with Gasteiger partial charge in [-0.3, -0.25) is 9.80 Å². The molecule has 3 nitrogen and oxygen atoms in total. The van der Waals surface area contributed by atoms with E-state index in [4.69, 9.17) is 0 Å². The first-order valence-electron chi connectivity index (χ1n) is 8.20. The van der Waals surface area contributed by atoms with Gasteiger partial charge in [0.2, 0.25) is 0 Å². The minimum absolute atomic E-state index is 0.881. The molecule has 0 amide bonds. The van der Waals surface area contributed by atoms with Crippen LogP contribution in [0, 0.1) is 0 Å². The third-order valence-electron chi connectivity index (χ3n) is 4.97. The van der Waals surface area contributed by atoms with Crippen LogP contribution in [0.2, 0.25) is 0 Å². The fourth-order valence-electron chi connectivity index (χ4n) is 3.73. The third-order valence-corrected chi connectivity index (χ3v) is 6.33. The number of nitrogens with zero attached hydrogens (tertiary/aromatic N) is 2. The number of fused-ring (bicyclic) bond motifs is 1. The molecule has 0 bridgehead atoms. The van der Waals surface area contributed by atoms with Crippen LogP contribution >= 0.6 is 11.8 Å². The van der Waals surface area contributed by atoms with E-state index in [1.54, 1.807) is 0 Å². The van der Waals surface area contributed by atoms with E-state index in [0.29, 0.717) is 0 Å². The lowest BCUT2D eigenvalue weighted by Gasteiger charge is -2.44. The van der Waals surface area contributed by atoms with Crippen LogP contribution in [0.1, 0.15) is 32.1 Å². The molecule has 3 rings (SSSR count). The molecular weight excluding hydrogens is 254 g/mol. The molecule has 0 aliphatic carbocycles. The predicted octanol–water partition coefficient (Wildman–Crippen LogP) is 1.64. The lowest BCUT2D eigenvalue weighted by atomic mass is 10.00. The molecule has 0 spiro atoms. The van der Waals surface area contributed by atoms with E-state index in [9.17, 15) is 0 Å². The van der Waals surface area contributed by atoms with Gasteiger partial charge < -0.3 is 5.32 Å². The summed E-state index contributed by atoms with van der Waals surface area (Å²) in [5.74, 6) is 1.34. The first-order chi connectivity index (χ1) is 9.42. The van der Waals surface area contributed by atoms with Gasteiger partial charge in [0.15, 0.2) is 0 Å². The lowest BCUT2D eigenvalue weighted by Crippen LogP contribution is -2.55. The van der Waals surface area contributed by atoms with Crippen LogP contribution in [0.15, 0.2) is 0 Å². The maximum absolute atomic E-state index is 3.46. The van der Waals surface area contributed by atoms with Gasteiger partial charge in [-0.1, -0.05) is 6.42 Å². The Morgan fingerprint density at radius 1 is 1.00 bits per heavy atom. The van der Waals surface area contributed by atoms with Gasteiger partial charge in [-0.15, -0.1) is 0 Å². The van der Waals surface area contributed by atoms with Crippen molar-refractivity contribution in [1.29, 1.82) is 0 Å². The van der Waals surface area contributed by atoms with Crippen LogP contribution in [0.25, 0.3) is 0 Å². The molecule has 3 heterocycles. The molecule has 1 unspecified atom stereocenters. The molecule has 3 aliphatic rings. The normalized spacial score (nSPS) is 31.3. The highest BCUT2D eigenvalue weighted by molar-refractivity contribution is 7.99. The molecule has 0 saturated carbocycles. The molecule has 3 fully saturated rings. The van der Waals surface area contributed by atoms with Gasteiger partial charge in [-0.2, -0.15) is 11.8 Å². The summed E-state index contributed by atoms with van der Waals surface area (Å²) >= 11 is 2.23. The van der Waals surface area contributed by atoms with Crippen LogP contribution < -0.4 is 5.32 Å². The molecule has 0 aromatic heterocycles. The predicted molar refractivity (Wildman–Crippen MR) is 84.0 cm³/mol. The number of nitrogens with one attached hydrogen (secondary N) is 1. The van der Waals surface area contributed by atoms with Gasteiger partial charge in [-0.25, -0.2) is 0 Å². The number of piperazine rings is 1. The van der Waals surface area contributed by atoms with E-state index >= 15 is 0 Å². The second kappa shape index (κ2) is 7.30. The molecule has 19 heavy (non-hydrogen) atoms. The van der Waals surface area contributed by atoms with Crippen LogP contribution in [-0.2, 0) is 0 Å². The number of hydrogen-bond acceptors (Lipinski definition) is 4. The third kappa shape index (κ3) is 4.10. The van der Waals surface area contributed by atoms with Crippen molar-refractivity contribution in [2.24, 2.45) is 0 Å². The van der Waals surface area contributed by atoms with Crippen LogP contribution in [-0.4, -0.2) is 72.7 Å². The molecule has 1 atom stereocenters. The molecular formula is C15H29N3S. The van der Waals surface area contributed by atoms with Crippen molar-refractivity contribution in [3.63, 3.8) is 0 Å². The zero-order chi connectivity index (χ0) is 12.9. The minimum atomic E-state index is 0.881. The van der Waals surface area contributed by atoms with Gasteiger partial charge >= 0.3 is 0 Å². The minimum Gasteiger partial charge on any atom is -0.317 e. The van der Waals surface area contributed by atoms with E-state index in [-0.39, 0.29) is 0 Å². The summed E-state index contributed by atoms with van der Waals surface area (Å²) in [6.07, 6.45) is 7.08. The summed E-state index contributed by atoms with van der Waals surface area (Å²) < 4.78 is 0. The standard InChI is InChI=1S/C15H29N3S/c1-2-8-18-10-9-17(13-14(18)3-1)11-12-19-15-4-6-16-7-5-15/h14-16H,1-13H2. The topological polar surface area (TPSA) is 18.5 Å². The SMILES string of the molecule is C1CCN2CCN(CCSC3CCNCC3)CC2C1. The number of piperidine rings is 2. The highest BCUT2D eigenvalue weighted by atomic mass is 32.2. The molecule has 3 aliphatic heterocycles. The van der Waals surface area contributed by atoms with Crippen LogP contribution in [0.5, 0.6) is 0 Å². The van der Waals surface area contributed by atoms with Crippen molar-refractivity contribution in [2.45, 2.75) is 43.4 Å². The second-order valence-electron chi connectivity index (χ2n) is 6.31. The fourth-order valence-corrected chi connectivity index (χ4v) is 5.00. The van der Waals surface area contributed by atoms with Gasteiger partial charge in [0, 0.05) is 43.2 Å². The summed E-state index contributed by atoms with van der Waals surface area (Å²) in [4.78, 5) is 5.46. The summed E-state index contributed by atoms with van der Waals surface area (Å²) in [5, 5.41) is 4.38. The number of rotatable bonds is 4. The summed E-state index contributed by atoms with van der Waals surface area (Å²) in [6.45, 7) is 9.12. The highest BCUT2D eigenvalue weighted by Crippen LogP contribution is 2.23. The Labute approximate surface area is 122 Å². The Kier molecular flexibility index (Phi) is 5.45. The van der Waals surface area contributed by atoms with E-state index < -0.39 is 0 Å². The van der Waals surface area contributed by atoms with Crippen molar-refractivity contribution in [3.8, 4) is 0 Å². The second-order valence-corrected chi connectivity index (χ2v) is 7.71. The van der Waals surface area contributed by atoms with Gasteiger partial charge in [0.25, 0.3) is 0 Å². The molecule has 3 saturated heterocycles. The summed E-state index contributed by atoms with van der Waals surface area (Å²) in [6, 6.07) is 0.881. The number of thioether (sulfide) groups is 1. The number of hydrogen-bond donors (Lipinski definition) is 1. The van der Waals surface area contributed by atoms with Gasteiger partial charge in [0.1, 0.15) is 0 Å². The quantitative estimate of drug-likeness (QED) is 0.845. The zero-order valence-corrected chi connectivity index (χ0v) is 13.0. The largest absolute Gasteiger partial charge is 0.317 e. The maximum atomic E-state index is 3.46. The lowest BCUT2D eigenvalue weighted by molar-refractivity contribution is 0.0527. The molecule has 1 N–H and O–H groups in total. The van der Waals surface area contributed by atoms with E-state index in [1.807, 2.05) is 0 Å². The van der Waals surface area contributed by atoms with Crippen molar-refractivity contribution in [2.75, 3.05) is 51.6 Å². The molecule has 4 heteroatoms. The smallest absolute Gasteiger partial charge is 0.0223 e. The molecule has 0 aromatic rings. The van der Waals surface area contributed by atoms with Crippen molar-refractivity contribution >= 4 is 11.8 Å². The average molecular weight is 283 g/mol. The molecule has 0 radical (unpaired) electrons. The van der Waals surface area contributed by atoms with Gasteiger partial charge in [0.05, 0.1) is 0 Å². The van der Waals surface area contributed by atoms with Gasteiger partial charge in [-0.05, 0) is 45.3 Å². The Morgan fingerprint density at radius 3 is 2.79 bits per heavy atom. The molecule has 0 aromatic carbocycles. The Balaban J connectivity index is 1.34.